The maximum Gasteiger partial charge on any atom is 0.326 e. The van der Waals surface area contributed by atoms with Gasteiger partial charge in [0.05, 0.1) is 11.1 Å². The standard InChI is InChI=1S/C20H26N2O3/c1-2-3-4-5-6-7-12-18(20(24)25)22-19(23)16-13-15-10-8-9-11-17(15)21-14-16/h8-11,13-14,18H,2-7,12H2,1H3,(H,22,23)(H,24,25)/t18-/m1/s1. The van der Waals surface area contributed by atoms with Crippen LogP contribution in [-0.4, -0.2) is 28.0 Å². The highest BCUT2D eigenvalue weighted by molar-refractivity contribution is 5.99. The summed E-state index contributed by atoms with van der Waals surface area (Å²) in [4.78, 5) is 28.0. The van der Waals surface area contributed by atoms with Gasteiger partial charge in [0.1, 0.15) is 6.04 Å². The number of nitrogens with zero attached hydrogens (tertiary/aromatic N) is 1. The minimum atomic E-state index is -0.990. The molecule has 2 rings (SSSR count). The number of hydrogen-bond acceptors (Lipinski definition) is 3. The number of para-hydroxylation sites is 1. The Labute approximate surface area is 148 Å². The lowest BCUT2D eigenvalue weighted by Gasteiger charge is -2.14. The van der Waals surface area contributed by atoms with Gasteiger partial charge in [-0.25, -0.2) is 4.79 Å². The number of carbonyl (C=O) groups is 2. The van der Waals surface area contributed by atoms with E-state index in [-0.39, 0.29) is 0 Å². The van der Waals surface area contributed by atoms with E-state index in [1.165, 1.54) is 25.5 Å². The zero-order chi connectivity index (χ0) is 18.1. The van der Waals surface area contributed by atoms with Crippen molar-refractivity contribution in [2.45, 2.75) is 57.9 Å². The van der Waals surface area contributed by atoms with E-state index >= 15 is 0 Å². The average molecular weight is 342 g/mol. The number of benzene rings is 1. The lowest BCUT2D eigenvalue weighted by Crippen LogP contribution is -2.40. The monoisotopic (exact) mass is 342 g/mol. The van der Waals surface area contributed by atoms with Gasteiger partial charge in [0.25, 0.3) is 5.91 Å². The second kappa shape index (κ2) is 9.77. The lowest BCUT2D eigenvalue weighted by molar-refractivity contribution is -0.139. The maximum atomic E-state index is 12.4. The molecule has 5 nitrogen and oxygen atoms in total. The number of nitrogens with one attached hydrogen (secondary N) is 1. The molecule has 0 aliphatic carbocycles. The Hall–Kier alpha value is -2.43. The second-order valence-corrected chi connectivity index (χ2v) is 6.34. The number of pyridine rings is 1. The first kappa shape index (κ1) is 18.9. The van der Waals surface area contributed by atoms with E-state index in [9.17, 15) is 14.7 Å². The molecule has 0 saturated carbocycles. The van der Waals surface area contributed by atoms with Crippen molar-refractivity contribution in [1.29, 1.82) is 0 Å². The summed E-state index contributed by atoms with van der Waals surface area (Å²) < 4.78 is 0. The first-order chi connectivity index (χ1) is 12.1. The van der Waals surface area contributed by atoms with Gasteiger partial charge in [-0.15, -0.1) is 0 Å². The van der Waals surface area contributed by atoms with Crippen LogP contribution in [-0.2, 0) is 4.79 Å². The van der Waals surface area contributed by atoms with E-state index in [4.69, 9.17) is 0 Å². The average Bonchev–Trinajstić information content (AvgIpc) is 2.62. The van der Waals surface area contributed by atoms with E-state index in [1.807, 2.05) is 24.3 Å². The van der Waals surface area contributed by atoms with E-state index in [1.54, 1.807) is 6.07 Å². The van der Waals surface area contributed by atoms with Crippen molar-refractivity contribution in [2.24, 2.45) is 0 Å². The summed E-state index contributed by atoms with van der Waals surface area (Å²) in [6.45, 7) is 2.16. The number of carboxylic acids is 1. The van der Waals surface area contributed by atoms with Gasteiger partial charge in [0.15, 0.2) is 0 Å². The van der Waals surface area contributed by atoms with Crippen LogP contribution in [0.15, 0.2) is 36.5 Å². The molecule has 1 heterocycles. The summed E-state index contributed by atoms with van der Waals surface area (Å²) in [7, 11) is 0. The van der Waals surface area contributed by atoms with Gasteiger partial charge in [-0.1, -0.05) is 63.6 Å². The molecular formula is C20H26N2O3. The number of carbonyl (C=O) groups excluding carboxylic acids is 1. The summed E-state index contributed by atoms with van der Waals surface area (Å²) in [6, 6.07) is 8.40. The van der Waals surface area contributed by atoms with Crippen molar-refractivity contribution < 1.29 is 14.7 Å². The summed E-state index contributed by atoms with van der Waals surface area (Å²) in [6.07, 6.45) is 8.44. The van der Waals surface area contributed by atoms with Crippen molar-refractivity contribution in [1.82, 2.24) is 10.3 Å². The van der Waals surface area contributed by atoms with Crippen LogP contribution in [0, 0.1) is 0 Å². The second-order valence-electron chi connectivity index (χ2n) is 6.34. The Kier molecular flexibility index (Phi) is 7.38. The first-order valence-corrected chi connectivity index (χ1v) is 9.00. The zero-order valence-corrected chi connectivity index (χ0v) is 14.7. The van der Waals surface area contributed by atoms with Gasteiger partial charge in [-0.2, -0.15) is 0 Å². The smallest absolute Gasteiger partial charge is 0.326 e. The molecule has 1 aromatic heterocycles. The predicted molar refractivity (Wildman–Crippen MR) is 98.6 cm³/mol. The zero-order valence-electron chi connectivity index (χ0n) is 14.7. The highest BCUT2D eigenvalue weighted by atomic mass is 16.4. The van der Waals surface area contributed by atoms with Crippen molar-refractivity contribution in [3.63, 3.8) is 0 Å². The topological polar surface area (TPSA) is 79.3 Å². The molecule has 1 atom stereocenters. The molecule has 2 N–H and O–H groups in total. The first-order valence-electron chi connectivity index (χ1n) is 9.00. The van der Waals surface area contributed by atoms with Crippen LogP contribution in [0.5, 0.6) is 0 Å². The van der Waals surface area contributed by atoms with Gasteiger partial charge < -0.3 is 10.4 Å². The summed E-state index contributed by atoms with van der Waals surface area (Å²) in [5.41, 5.74) is 1.19. The summed E-state index contributed by atoms with van der Waals surface area (Å²) >= 11 is 0. The van der Waals surface area contributed by atoms with E-state index in [0.29, 0.717) is 12.0 Å². The molecule has 0 fully saturated rings. The Morgan fingerprint density at radius 2 is 1.84 bits per heavy atom. The fourth-order valence-corrected chi connectivity index (χ4v) is 2.82. The van der Waals surface area contributed by atoms with Gasteiger partial charge in [-0.05, 0) is 18.6 Å². The third kappa shape index (κ3) is 5.85. The Morgan fingerprint density at radius 3 is 2.60 bits per heavy atom. The van der Waals surface area contributed by atoms with Crippen LogP contribution >= 0.6 is 0 Å². The number of carboxylic acid groups (broad SMARTS) is 1. The van der Waals surface area contributed by atoms with E-state index in [0.717, 1.165) is 30.2 Å². The van der Waals surface area contributed by atoms with Crippen LogP contribution in [0.25, 0.3) is 10.9 Å². The summed E-state index contributed by atoms with van der Waals surface area (Å²) in [5.74, 6) is -1.38. The molecule has 0 saturated heterocycles. The predicted octanol–water partition coefficient (Wildman–Crippen LogP) is 4.17. The van der Waals surface area contributed by atoms with Crippen molar-refractivity contribution in [3.05, 3.63) is 42.1 Å². The quantitative estimate of drug-likeness (QED) is 0.635. The molecular weight excluding hydrogens is 316 g/mol. The van der Waals surface area contributed by atoms with Crippen LogP contribution in [0.1, 0.15) is 62.2 Å². The Bertz CT molecular complexity index is 715. The minimum absolute atomic E-state index is 0.382. The third-order valence-electron chi connectivity index (χ3n) is 4.30. The van der Waals surface area contributed by atoms with Crippen molar-refractivity contribution in [3.8, 4) is 0 Å². The van der Waals surface area contributed by atoms with Gasteiger partial charge in [0, 0.05) is 11.6 Å². The van der Waals surface area contributed by atoms with Crippen molar-refractivity contribution >= 4 is 22.8 Å². The van der Waals surface area contributed by atoms with Crippen LogP contribution < -0.4 is 5.32 Å². The molecule has 0 aliphatic rings. The molecule has 0 bridgehead atoms. The van der Waals surface area contributed by atoms with E-state index < -0.39 is 17.9 Å². The number of aliphatic carboxylic acids is 1. The number of amides is 1. The Morgan fingerprint density at radius 1 is 1.12 bits per heavy atom. The number of rotatable bonds is 10. The third-order valence-corrected chi connectivity index (χ3v) is 4.30. The molecule has 0 aliphatic heterocycles. The van der Waals surface area contributed by atoms with Crippen LogP contribution in [0.3, 0.4) is 0 Å². The molecule has 5 heteroatoms. The number of hydrogen-bond donors (Lipinski definition) is 2. The SMILES string of the molecule is CCCCCCCC[C@@H](NC(=O)c1cnc2ccccc2c1)C(=O)O. The Balaban J connectivity index is 1.91. The number of aromatic nitrogens is 1. The fraction of sp³-hybridized carbons (Fsp3) is 0.450. The molecule has 0 spiro atoms. The molecule has 1 aromatic carbocycles. The van der Waals surface area contributed by atoms with Crippen molar-refractivity contribution in [2.75, 3.05) is 0 Å². The molecule has 25 heavy (non-hydrogen) atoms. The normalized spacial score (nSPS) is 12.0. The van der Waals surface area contributed by atoms with Gasteiger partial charge in [0.2, 0.25) is 0 Å². The maximum absolute atomic E-state index is 12.4. The molecule has 2 aromatic rings. The highest BCUT2D eigenvalue weighted by Gasteiger charge is 2.20. The largest absolute Gasteiger partial charge is 0.480 e. The number of fused-ring (bicyclic) bond motifs is 1. The molecule has 0 radical (unpaired) electrons. The van der Waals surface area contributed by atoms with E-state index in [2.05, 4.69) is 17.2 Å². The molecule has 0 unspecified atom stereocenters. The molecule has 134 valence electrons. The van der Waals surface area contributed by atoms with Gasteiger partial charge >= 0.3 is 5.97 Å². The highest BCUT2D eigenvalue weighted by Crippen LogP contribution is 2.14. The number of unbranched alkanes of at least 4 members (excludes halogenated alkanes) is 5. The van der Waals surface area contributed by atoms with Gasteiger partial charge in [-0.3, -0.25) is 9.78 Å². The van der Waals surface area contributed by atoms with Crippen LogP contribution in [0.4, 0.5) is 0 Å². The minimum Gasteiger partial charge on any atom is -0.480 e. The lowest BCUT2D eigenvalue weighted by atomic mass is 10.1. The molecule has 1 amide bonds. The summed E-state index contributed by atoms with van der Waals surface area (Å²) in [5, 5.41) is 12.8. The van der Waals surface area contributed by atoms with Crippen LogP contribution in [0.2, 0.25) is 0 Å². The fourth-order valence-electron chi connectivity index (χ4n) is 2.82.